The van der Waals surface area contributed by atoms with E-state index in [1.807, 2.05) is 20.8 Å². The van der Waals surface area contributed by atoms with Crippen molar-refractivity contribution in [1.82, 2.24) is 0 Å². The minimum Gasteiger partial charge on any atom is -0.490 e. The number of amides is 2. The van der Waals surface area contributed by atoms with E-state index in [4.69, 9.17) is 37.4 Å². The number of hydrogen-bond donors (Lipinski definition) is 2. The van der Waals surface area contributed by atoms with Gasteiger partial charge in [-0.3, -0.25) is 0 Å². The zero-order valence-corrected chi connectivity index (χ0v) is 16.9. The van der Waals surface area contributed by atoms with Crippen LogP contribution >= 0.6 is 23.2 Å². The first kappa shape index (κ1) is 21.0. The van der Waals surface area contributed by atoms with E-state index in [2.05, 4.69) is 10.6 Å². The molecule has 0 atom stereocenters. The van der Waals surface area contributed by atoms with Gasteiger partial charge in [-0.15, -0.1) is 0 Å². The average molecular weight is 413 g/mol. The van der Waals surface area contributed by atoms with Crippen LogP contribution in [0.25, 0.3) is 0 Å². The molecule has 27 heavy (non-hydrogen) atoms. The third-order valence-electron chi connectivity index (χ3n) is 3.37. The Morgan fingerprint density at radius 2 is 1.52 bits per heavy atom. The summed E-state index contributed by atoms with van der Waals surface area (Å²) in [6, 6.07) is 7.87. The highest BCUT2D eigenvalue weighted by Gasteiger charge is 2.16. The SMILES string of the molecule is CCOc1cc(NC(=O)Nc2cccc(Cl)c2Cl)cc(OCC)c1OCC. The maximum absolute atomic E-state index is 12.4. The summed E-state index contributed by atoms with van der Waals surface area (Å²) in [5.41, 5.74) is 0.892. The molecule has 0 heterocycles. The standard InChI is InChI=1S/C19H22Cl2N2O4/c1-4-25-15-10-12(11-16(26-5-2)18(15)27-6-3)22-19(24)23-14-9-7-8-13(20)17(14)21/h7-11H,4-6H2,1-3H3,(H2,22,23,24). The van der Waals surface area contributed by atoms with Gasteiger partial charge in [-0.2, -0.15) is 0 Å². The van der Waals surface area contributed by atoms with Crippen molar-refractivity contribution >= 4 is 40.6 Å². The number of anilines is 2. The van der Waals surface area contributed by atoms with Crippen molar-refractivity contribution in [2.75, 3.05) is 30.5 Å². The summed E-state index contributed by atoms with van der Waals surface area (Å²) in [4.78, 5) is 12.4. The van der Waals surface area contributed by atoms with Crippen LogP contribution < -0.4 is 24.8 Å². The van der Waals surface area contributed by atoms with E-state index >= 15 is 0 Å². The maximum Gasteiger partial charge on any atom is 0.323 e. The normalized spacial score (nSPS) is 10.3. The van der Waals surface area contributed by atoms with Crippen molar-refractivity contribution in [1.29, 1.82) is 0 Å². The van der Waals surface area contributed by atoms with Gasteiger partial charge in [0.05, 0.1) is 41.2 Å². The predicted molar refractivity (Wildman–Crippen MR) is 109 cm³/mol. The number of carbonyl (C=O) groups excluding carboxylic acids is 1. The molecule has 2 N–H and O–H groups in total. The molecule has 2 aromatic rings. The van der Waals surface area contributed by atoms with Crippen molar-refractivity contribution in [3.05, 3.63) is 40.4 Å². The summed E-state index contributed by atoms with van der Waals surface area (Å²) < 4.78 is 16.9. The van der Waals surface area contributed by atoms with E-state index < -0.39 is 6.03 Å². The Hall–Kier alpha value is -2.31. The molecule has 0 aliphatic carbocycles. The monoisotopic (exact) mass is 412 g/mol. The highest BCUT2D eigenvalue weighted by atomic mass is 35.5. The van der Waals surface area contributed by atoms with Crippen LogP contribution in [0.4, 0.5) is 16.2 Å². The van der Waals surface area contributed by atoms with Crippen molar-refractivity contribution in [3.63, 3.8) is 0 Å². The number of hydrogen-bond acceptors (Lipinski definition) is 4. The summed E-state index contributed by atoms with van der Waals surface area (Å²) in [5.74, 6) is 1.48. The quantitative estimate of drug-likeness (QED) is 0.571. The molecular weight excluding hydrogens is 391 g/mol. The van der Waals surface area contributed by atoms with Gasteiger partial charge >= 0.3 is 6.03 Å². The molecule has 0 saturated heterocycles. The van der Waals surface area contributed by atoms with E-state index in [9.17, 15) is 4.79 Å². The lowest BCUT2D eigenvalue weighted by atomic mass is 10.2. The van der Waals surface area contributed by atoms with Crippen LogP contribution in [0.5, 0.6) is 17.2 Å². The van der Waals surface area contributed by atoms with Gasteiger partial charge in [0, 0.05) is 12.1 Å². The molecule has 8 heteroatoms. The zero-order chi connectivity index (χ0) is 19.8. The highest BCUT2D eigenvalue weighted by molar-refractivity contribution is 6.44. The van der Waals surface area contributed by atoms with Crippen LogP contribution in [0.2, 0.25) is 10.0 Å². The Labute approximate surface area is 168 Å². The Morgan fingerprint density at radius 3 is 2.07 bits per heavy atom. The minimum absolute atomic E-state index is 0.269. The van der Waals surface area contributed by atoms with E-state index in [-0.39, 0.29) is 5.02 Å². The fourth-order valence-electron chi connectivity index (χ4n) is 2.35. The van der Waals surface area contributed by atoms with Crippen LogP contribution in [-0.4, -0.2) is 25.9 Å². The van der Waals surface area contributed by atoms with Crippen LogP contribution in [0.1, 0.15) is 20.8 Å². The van der Waals surface area contributed by atoms with Gasteiger partial charge in [0.25, 0.3) is 0 Å². The molecule has 0 spiro atoms. The Balaban J connectivity index is 2.26. The fraction of sp³-hybridized carbons (Fsp3) is 0.316. The van der Waals surface area contributed by atoms with Crippen molar-refractivity contribution in [2.24, 2.45) is 0 Å². The Bertz CT molecular complexity index is 772. The predicted octanol–water partition coefficient (Wildman–Crippen LogP) is 5.83. The molecule has 0 fully saturated rings. The van der Waals surface area contributed by atoms with Crippen LogP contribution in [0.3, 0.4) is 0 Å². The second-order valence-corrected chi connectivity index (χ2v) is 6.07. The number of ether oxygens (including phenoxy) is 3. The number of carbonyl (C=O) groups is 1. The van der Waals surface area contributed by atoms with Crippen molar-refractivity contribution < 1.29 is 19.0 Å². The molecule has 0 aromatic heterocycles. The molecule has 2 aromatic carbocycles. The minimum atomic E-state index is -0.478. The van der Waals surface area contributed by atoms with Crippen molar-refractivity contribution in [2.45, 2.75) is 20.8 Å². The van der Waals surface area contributed by atoms with Crippen LogP contribution in [-0.2, 0) is 0 Å². The Kier molecular flexibility index (Phi) is 7.88. The van der Waals surface area contributed by atoms with Crippen LogP contribution in [0.15, 0.2) is 30.3 Å². The van der Waals surface area contributed by atoms with E-state index in [1.54, 1.807) is 30.3 Å². The number of rotatable bonds is 8. The first-order valence-corrected chi connectivity index (χ1v) is 9.34. The molecule has 6 nitrogen and oxygen atoms in total. The molecule has 2 amide bonds. The number of urea groups is 1. The zero-order valence-electron chi connectivity index (χ0n) is 15.4. The third-order valence-corrected chi connectivity index (χ3v) is 4.19. The molecule has 0 saturated carbocycles. The lowest BCUT2D eigenvalue weighted by molar-refractivity contribution is 0.260. The molecule has 0 bridgehead atoms. The van der Waals surface area contributed by atoms with Gasteiger partial charge in [0.15, 0.2) is 11.5 Å². The molecule has 0 aliphatic rings. The molecule has 0 unspecified atom stereocenters. The number of nitrogens with one attached hydrogen (secondary N) is 2. The molecule has 0 radical (unpaired) electrons. The van der Waals surface area contributed by atoms with Gasteiger partial charge in [-0.25, -0.2) is 4.79 Å². The second-order valence-electron chi connectivity index (χ2n) is 5.28. The lowest BCUT2D eigenvalue weighted by Crippen LogP contribution is -2.20. The van der Waals surface area contributed by atoms with Gasteiger partial charge in [0.1, 0.15) is 0 Å². The van der Waals surface area contributed by atoms with Gasteiger partial charge in [0.2, 0.25) is 5.75 Å². The summed E-state index contributed by atoms with van der Waals surface area (Å²) in [5, 5.41) is 6.02. The van der Waals surface area contributed by atoms with E-state index in [1.165, 1.54) is 0 Å². The lowest BCUT2D eigenvalue weighted by Gasteiger charge is -2.17. The molecule has 2 rings (SSSR count). The van der Waals surface area contributed by atoms with E-state index in [0.717, 1.165) is 0 Å². The number of benzene rings is 2. The molecular formula is C19H22Cl2N2O4. The Morgan fingerprint density at radius 1 is 0.926 bits per heavy atom. The van der Waals surface area contributed by atoms with Gasteiger partial charge < -0.3 is 24.8 Å². The van der Waals surface area contributed by atoms with Gasteiger partial charge in [-0.05, 0) is 32.9 Å². The highest BCUT2D eigenvalue weighted by Crippen LogP contribution is 2.41. The van der Waals surface area contributed by atoms with Crippen molar-refractivity contribution in [3.8, 4) is 17.2 Å². The molecule has 146 valence electrons. The van der Waals surface area contributed by atoms with Gasteiger partial charge in [-0.1, -0.05) is 29.3 Å². The summed E-state index contributed by atoms with van der Waals surface area (Å²) in [6.45, 7) is 6.95. The fourth-order valence-corrected chi connectivity index (χ4v) is 2.69. The smallest absolute Gasteiger partial charge is 0.323 e. The molecule has 0 aliphatic heterocycles. The summed E-state index contributed by atoms with van der Waals surface area (Å²) in [6.07, 6.45) is 0. The first-order valence-electron chi connectivity index (χ1n) is 8.58. The topological polar surface area (TPSA) is 68.8 Å². The summed E-state index contributed by atoms with van der Waals surface area (Å²) in [7, 11) is 0. The first-order chi connectivity index (χ1) is 13.0. The van der Waals surface area contributed by atoms with E-state index in [0.29, 0.717) is 53.5 Å². The third kappa shape index (κ3) is 5.58. The second kappa shape index (κ2) is 10.1. The largest absolute Gasteiger partial charge is 0.490 e. The van der Waals surface area contributed by atoms with Crippen LogP contribution in [0, 0.1) is 0 Å². The number of halogens is 2. The average Bonchev–Trinajstić information content (AvgIpc) is 2.62. The maximum atomic E-state index is 12.4. The summed E-state index contributed by atoms with van der Waals surface area (Å²) >= 11 is 12.1.